The second-order valence-electron chi connectivity index (χ2n) is 7.34. The van der Waals surface area contributed by atoms with Crippen molar-refractivity contribution in [2.45, 2.75) is 69.8 Å². The van der Waals surface area contributed by atoms with Crippen LogP contribution in [0.5, 0.6) is 0 Å². The van der Waals surface area contributed by atoms with Gasteiger partial charge in [0.05, 0.1) is 5.25 Å². The number of carbonyl (C=O) groups is 2. The van der Waals surface area contributed by atoms with Crippen LogP contribution in [-0.4, -0.2) is 31.7 Å². The standard InChI is InChI=1S/C20H26N4O2S/c1-11-9-13(3)16(10-12(11)2)19(26)14(4)27-20-23-22-18(8-7-17(21)25)24(20)15-5-6-15/h9-10,14-15H,5-8H2,1-4H3,(H2,21,25)/t14-/m1/s1. The normalized spacial score (nSPS) is 15.0. The first-order valence-electron chi connectivity index (χ1n) is 9.28. The lowest BCUT2D eigenvalue weighted by molar-refractivity contribution is -0.118. The van der Waals surface area contributed by atoms with E-state index in [1.807, 2.05) is 26.8 Å². The van der Waals surface area contributed by atoms with E-state index in [9.17, 15) is 9.59 Å². The zero-order chi connectivity index (χ0) is 19.7. The number of amides is 1. The Hall–Kier alpha value is -2.15. The number of benzene rings is 1. The zero-order valence-electron chi connectivity index (χ0n) is 16.3. The molecular weight excluding hydrogens is 360 g/mol. The van der Waals surface area contributed by atoms with E-state index in [-0.39, 0.29) is 23.4 Å². The van der Waals surface area contributed by atoms with Crippen molar-refractivity contribution in [1.29, 1.82) is 0 Å². The molecular formula is C20H26N4O2S. The number of aromatic nitrogens is 3. The first kappa shape index (κ1) is 19.6. The smallest absolute Gasteiger partial charge is 0.217 e. The van der Waals surface area contributed by atoms with Gasteiger partial charge in [-0.1, -0.05) is 17.8 Å². The van der Waals surface area contributed by atoms with Gasteiger partial charge in [-0.05, 0) is 63.3 Å². The number of rotatable bonds is 8. The van der Waals surface area contributed by atoms with Crippen LogP contribution in [0.3, 0.4) is 0 Å². The lowest BCUT2D eigenvalue weighted by Crippen LogP contribution is -2.17. The van der Waals surface area contributed by atoms with Gasteiger partial charge in [0.15, 0.2) is 10.9 Å². The molecule has 0 saturated heterocycles. The fourth-order valence-corrected chi connectivity index (χ4v) is 4.16. The van der Waals surface area contributed by atoms with Gasteiger partial charge in [-0.15, -0.1) is 10.2 Å². The van der Waals surface area contributed by atoms with E-state index in [1.54, 1.807) is 0 Å². The minimum atomic E-state index is -0.344. The van der Waals surface area contributed by atoms with Gasteiger partial charge in [-0.25, -0.2) is 0 Å². The number of primary amides is 1. The maximum atomic E-state index is 13.0. The van der Waals surface area contributed by atoms with Crippen LogP contribution in [0.15, 0.2) is 17.3 Å². The zero-order valence-corrected chi connectivity index (χ0v) is 17.1. The number of nitrogens with two attached hydrogens (primary N) is 1. The third-order valence-corrected chi connectivity index (χ3v) is 6.06. The average molecular weight is 387 g/mol. The van der Waals surface area contributed by atoms with Crippen molar-refractivity contribution in [1.82, 2.24) is 14.8 Å². The Morgan fingerprint density at radius 2 is 1.85 bits per heavy atom. The highest BCUT2D eigenvalue weighted by atomic mass is 32.2. The van der Waals surface area contributed by atoms with Crippen molar-refractivity contribution in [3.05, 3.63) is 40.2 Å². The molecule has 7 heteroatoms. The maximum absolute atomic E-state index is 13.0. The SMILES string of the molecule is Cc1cc(C)c(C(=O)[C@@H](C)Sc2nnc(CCC(N)=O)n2C2CC2)cc1C. The van der Waals surface area contributed by atoms with Crippen LogP contribution in [0.2, 0.25) is 0 Å². The van der Waals surface area contributed by atoms with E-state index in [1.165, 1.54) is 17.3 Å². The van der Waals surface area contributed by atoms with Crippen LogP contribution in [0.4, 0.5) is 0 Å². The van der Waals surface area contributed by atoms with E-state index in [0.717, 1.165) is 40.5 Å². The number of ketones is 1. The highest BCUT2D eigenvalue weighted by molar-refractivity contribution is 8.00. The summed E-state index contributed by atoms with van der Waals surface area (Å²) < 4.78 is 2.09. The number of aryl methyl sites for hydroxylation is 4. The summed E-state index contributed by atoms with van der Waals surface area (Å²) in [5.74, 6) is 0.536. The molecule has 1 aromatic carbocycles. The molecule has 1 fully saturated rings. The Morgan fingerprint density at radius 3 is 2.48 bits per heavy atom. The summed E-state index contributed by atoms with van der Waals surface area (Å²) >= 11 is 1.44. The Morgan fingerprint density at radius 1 is 1.19 bits per heavy atom. The number of hydrogen-bond donors (Lipinski definition) is 1. The fourth-order valence-electron chi connectivity index (χ4n) is 3.15. The molecule has 0 spiro atoms. The monoisotopic (exact) mass is 386 g/mol. The number of carbonyl (C=O) groups excluding carboxylic acids is 2. The first-order chi connectivity index (χ1) is 12.8. The van der Waals surface area contributed by atoms with Crippen LogP contribution in [0.1, 0.15) is 65.1 Å². The van der Waals surface area contributed by atoms with Crippen LogP contribution >= 0.6 is 11.8 Å². The van der Waals surface area contributed by atoms with Gasteiger partial charge >= 0.3 is 0 Å². The second kappa shape index (κ2) is 7.84. The van der Waals surface area contributed by atoms with E-state index < -0.39 is 0 Å². The summed E-state index contributed by atoms with van der Waals surface area (Å²) in [7, 11) is 0. The maximum Gasteiger partial charge on any atom is 0.217 e. The van der Waals surface area contributed by atoms with Crippen LogP contribution in [-0.2, 0) is 11.2 Å². The molecule has 2 N–H and O–H groups in total. The highest BCUT2D eigenvalue weighted by Gasteiger charge is 2.31. The lowest BCUT2D eigenvalue weighted by Gasteiger charge is -2.15. The quantitative estimate of drug-likeness (QED) is 0.555. The van der Waals surface area contributed by atoms with Gasteiger partial charge in [0.25, 0.3) is 0 Å². The molecule has 6 nitrogen and oxygen atoms in total. The van der Waals surface area contributed by atoms with E-state index in [2.05, 4.69) is 27.8 Å². The largest absolute Gasteiger partial charge is 0.370 e. The summed E-state index contributed by atoms with van der Waals surface area (Å²) in [4.78, 5) is 24.1. The topological polar surface area (TPSA) is 90.9 Å². The van der Waals surface area contributed by atoms with Gasteiger partial charge in [0.2, 0.25) is 5.91 Å². The molecule has 1 aromatic heterocycles. The van der Waals surface area contributed by atoms with Crippen molar-refractivity contribution in [3.63, 3.8) is 0 Å². The van der Waals surface area contributed by atoms with E-state index in [0.29, 0.717) is 12.5 Å². The molecule has 1 aliphatic rings. The van der Waals surface area contributed by atoms with Crippen molar-refractivity contribution in [3.8, 4) is 0 Å². The molecule has 3 rings (SSSR count). The summed E-state index contributed by atoms with van der Waals surface area (Å²) in [5.41, 5.74) is 9.35. The summed E-state index contributed by atoms with van der Waals surface area (Å²) in [6.07, 6.45) is 2.89. The number of nitrogens with zero attached hydrogens (tertiary/aromatic N) is 3. The Kier molecular flexibility index (Phi) is 5.69. The van der Waals surface area contributed by atoms with E-state index in [4.69, 9.17) is 5.73 Å². The molecule has 0 unspecified atom stereocenters. The molecule has 2 aromatic rings. The average Bonchev–Trinajstić information content (AvgIpc) is 3.37. The number of thioether (sulfide) groups is 1. The fraction of sp³-hybridized carbons (Fsp3) is 0.500. The number of Topliss-reactive ketones (excluding diaryl/α,β-unsaturated/α-hetero) is 1. The summed E-state index contributed by atoms with van der Waals surface area (Å²) in [6, 6.07) is 4.42. The molecule has 144 valence electrons. The molecule has 0 bridgehead atoms. The van der Waals surface area contributed by atoms with Crippen molar-refractivity contribution in [2.24, 2.45) is 5.73 Å². The summed E-state index contributed by atoms with van der Waals surface area (Å²) in [5, 5.41) is 9.03. The molecule has 1 heterocycles. The minimum absolute atomic E-state index is 0.102. The molecule has 0 aliphatic heterocycles. The van der Waals surface area contributed by atoms with Gasteiger partial charge in [0.1, 0.15) is 5.82 Å². The third kappa shape index (κ3) is 4.40. The molecule has 27 heavy (non-hydrogen) atoms. The first-order valence-corrected chi connectivity index (χ1v) is 10.2. The van der Waals surface area contributed by atoms with Crippen LogP contribution < -0.4 is 5.73 Å². The molecule has 0 radical (unpaired) electrons. The highest BCUT2D eigenvalue weighted by Crippen LogP contribution is 2.40. The predicted octanol–water partition coefficient (Wildman–Crippen LogP) is 3.32. The second-order valence-corrected chi connectivity index (χ2v) is 8.65. The molecule has 1 saturated carbocycles. The van der Waals surface area contributed by atoms with Crippen molar-refractivity contribution in [2.75, 3.05) is 0 Å². The van der Waals surface area contributed by atoms with E-state index >= 15 is 0 Å². The van der Waals surface area contributed by atoms with Gasteiger partial charge < -0.3 is 10.3 Å². The lowest BCUT2D eigenvalue weighted by atomic mass is 9.97. The minimum Gasteiger partial charge on any atom is -0.370 e. The van der Waals surface area contributed by atoms with Crippen LogP contribution in [0, 0.1) is 20.8 Å². The number of hydrogen-bond acceptors (Lipinski definition) is 5. The third-order valence-electron chi connectivity index (χ3n) is 5.00. The predicted molar refractivity (Wildman–Crippen MR) is 106 cm³/mol. The molecule has 1 amide bonds. The Bertz CT molecular complexity index is 886. The Labute approximate surface area is 163 Å². The van der Waals surface area contributed by atoms with Gasteiger partial charge in [-0.3, -0.25) is 9.59 Å². The van der Waals surface area contributed by atoms with Crippen LogP contribution in [0.25, 0.3) is 0 Å². The van der Waals surface area contributed by atoms with Crippen molar-refractivity contribution >= 4 is 23.5 Å². The van der Waals surface area contributed by atoms with Gasteiger partial charge in [0, 0.05) is 24.4 Å². The Balaban J connectivity index is 1.79. The summed E-state index contributed by atoms with van der Waals surface area (Å²) in [6.45, 7) is 7.97. The van der Waals surface area contributed by atoms with Gasteiger partial charge in [-0.2, -0.15) is 0 Å². The van der Waals surface area contributed by atoms with Crippen molar-refractivity contribution < 1.29 is 9.59 Å². The molecule has 1 atom stereocenters. The molecule has 1 aliphatic carbocycles.